The Morgan fingerprint density at radius 1 is 1.47 bits per heavy atom. The topological polar surface area (TPSA) is 65.8 Å². The molecule has 0 fully saturated rings. The van der Waals surface area contributed by atoms with Crippen molar-refractivity contribution in [1.82, 2.24) is 14.3 Å². The number of carbonyl (C=O) groups is 1. The van der Waals surface area contributed by atoms with Crippen LogP contribution in [0.25, 0.3) is 11.3 Å². The van der Waals surface area contributed by atoms with Crippen LogP contribution in [0.5, 0.6) is 0 Å². The highest BCUT2D eigenvalue weighted by Crippen LogP contribution is 2.26. The van der Waals surface area contributed by atoms with Crippen molar-refractivity contribution in [3.05, 3.63) is 29.7 Å². The highest BCUT2D eigenvalue weighted by Gasteiger charge is 2.15. The van der Waals surface area contributed by atoms with Gasteiger partial charge in [0.25, 0.3) is 0 Å². The molecule has 5 heteroatoms. The number of aryl methyl sites for hydroxylation is 2. The van der Waals surface area contributed by atoms with Gasteiger partial charge in [-0.15, -0.1) is 0 Å². The largest absolute Gasteiger partial charge is 0.368 e. The second-order valence-electron chi connectivity index (χ2n) is 4.17. The van der Waals surface area contributed by atoms with Crippen molar-refractivity contribution in [1.29, 1.82) is 0 Å². The summed E-state index contributed by atoms with van der Waals surface area (Å²) >= 11 is 0. The van der Waals surface area contributed by atoms with E-state index in [1.165, 1.54) is 0 Å². The van der Waals surface area contributed by atoms with E-state index in [4.69, 9.17) is 5.73 Å². The predicted octanol–water partition coefficient (Wildman–Crippen LogP) is 0.991. The van der Waals surface area contributed by atoms with Crippen LogP contribution in [0.1, 0.15) is 11.4 Å². The first-order valence-electron chi connectivity index (χ1n) is 5.44. The van der Waals surface area contributed by atoms with Gasteiger partial charge in [0.15, 0.2) is 0 Å². The average molecular weight is 232 g/mol. The minimum Gasteiger partial charge on any atom is -0.368 e. The number of amides is 1. The van der Waals surface area contributed by atoms with Gasteiger partial charge in [-0.05, 0) is 26.0 Å². The third kappa shape index (κ3) is 1.95. The minimum atomic E-state index is -0.381. The molecule has 0 unspecified atom stereocenters. The Kier molecular flexibility index (Phi) is 2.75. The van der Waals surface area contributed by atoms with Crippen LogP contribution in [0.3, 0.4) is 0 Å². The van der Waals surface area contributed by atoms with Crippen LogP contribution >= 0.6 is 0 Å². The van der Waals surface area contributed by atoms with Gasteiger partial charge in [0.1, 0.15) is 6.54 Å². The predicted molar refractivity (Wildman–Crippen MR) is 65.3 cm³/mol. The molecule has 2 N–H and O–H groups in total. The SMILES string of the molecule is Cc1nn(CC(N)=O)c(C)c1-c1cccn1C. The molecule has 0 aromatic carbocycles. The van der Waals surface area contributed by atoms with Gasteiger partial charge >= 0.3 is 0 Å². The lowest BCUT2D eigenvalue weighted by Gasteiger charge is -2.04. The van der Waals surface area contributed by atoms with Crippen LogP contribution in [0, 0.1) is 13.8 Å². The Hall–Kier alpha value is -2.04. The van der Waals surface area contributed by atoms with Crippen LogP contribution in [0.2, 0.25) is 0 Å². The Morgan fingerprint density at radius 3 is 2.71 bits per heavy atom. The standard InChI is InChI=1S/C12H16N4O/c1-8-12(10-5-4-6-15(10)3)9(2)16(14-8)7-11(13)17/h4-6H,7H2,1-3H3,(H2,13,17). The molecule has 0 radical (unpaired) electrons. The molecular weight excluding hydrogens is 216 g/mol. The summed E-state index contributed by atoms with van der Waals surface area (Å²) in [6.07, 6.45) is 1.99. The summed E-state index contributed by atoms with van der Waals surface area (Å²) in [7, 11) is 1.99. The van der Waals surface area contributed by atoms with E-state index < -0.39 is 0 Å². The number of nitrogens with two attached hydrogens (primary N) is 1. The Balaban J connectivity index is 2.52. The van der Waals surface area contributed by atoms with Gasteiger partial charge in [-0.25, -0.2) is 0 Å². The summed E-state index contributed by atoms with van der Waals surface area (Å²) in [6, 6.07) is 4.02. The first kappa shape index (κ1) is 11.4. The molecule has 2 aromatic heterocycles. The molecule has 2 aromatic rings. The minimum absolute atomic E-state index is 0.122. The van der Waals surface area contributed by atoms with E-state index >= 15 is 0 Å². The zero-order chi connectivity index (χ0) is 12.6. The van der Waals surface area contributed by atoms with Crippen molar-refractivity contribution < 1.29 is 4.79 Å². The first-order valence-corrected chi connectivity index (χ1v) is 5.44. The molecule has 1 amide bonds. The third-order valence-electron chi connectivity index (χ3n) is 2.89. The van der Waals surface area contributed by atoms with Gasteiger partial charge in [0.2, 0.25) is 5.91 Å². The Bertz CT molecular complexity index is 565. The van der Waals surface area contributed by atoms with Crippen LogP contribution in [-0.4, -0.2) is 20.3 Å². The molecule has 0 saturated heterocycles. The fourth-order valence-corrected chi connectivity index (χ4v) is 2.09. The molecule has 0 aliphatic heterocycles. The van der Waals surface area contributed by atoms with Crippen LogP contribution in [0.4, 0.5) is 0 Å². The number of rotatable bonds is 3. The van der Waals surface area contributed by atoms with Crippen molar-refractivity contribution in [2.75, 3.05) is 0 Å². The van der Waals surface area contributed by atoms with Crippen molar-refractivity contribution in [2.45, 2.75) is 20.4 Å². The van der Waals surface area contributed by atoms with Crippen LogP contribution in [-0.2, 0) is 18.4 Å². The number of carbonyl (C=O) groups excluding carboxylic acids is 1. The highest BCUT2D eigenvalue weighted by molar-refractivity contribution is 5.74. The van der Waals surface area contributed by atoms with E-state index in [2.05, 4.69) is 5.10 Å². The summed E-state index contributed by atoms with van der Waals surface area (Å²) < 4.78 is 3.69. The quantitative estimate of drug-likeness (QED) is 0.857. The molecule has 2 heterocycles. The lowest BCUT2D eigenvalue weighted by Crippen LogP contribution is -2.20. The van der Waals surface area contributed by atoms with E-state index in [-0.39, 0.29) is 12.5 Å². The van der Waals surface area contributed by atoms with E-state index in [1.54, 1.807) is 4.68 Å². The van der Waals surface area contributed by atoms with Gasteiger partial charge < -0.3 is 10.3 Å². The summed E-state index contributed by atoms with van der Waals surface area (Å²) in [5, 5.41) is 4.35. The van der Waals surface area contributed by atoms with Crippen LogP contribution < -0.4 is 5.73 Å². The summed E-state index contributed by atoms with van der Waals surface area (Å²) in [6.45, 7) is 4.01. The van der Waals surface area contributed by atoms with Gasteiger partial charge in [0.05, 0.1) is 11.4 Å². The second kappa shape index (κ2) is 4.08. The van der Waals surface area contributed by atoms with E-state index in [0.717, 1.165) is 22.6 Å². The number of hydrogen-bond donors (Lipinski definition) is 1. The van der Waals surface area contributed by atoms with Crippen molar-refractivity contribution >= 4 is 5.91 Å². The molecule has 17 heavy (non-hydrogen) atoms. The third-order valence-corrected chi connectivity index (χ3v) is 2.89. The van der Waals surface area contributed by atoms with E-state index in [1.807, 2.05) is 43.8 Å². The van der Waals surface area contributed by atoms with E-state index in [0.29, 0.717) is 0 Å². The first-order chi connectivity index (χ1) is 8.00. The molecule has 2 rings (SSSR count). The van der Waals surface area contributed by atoms with Crippen molar-refractivity contribution in [3.8, 4) is 11.3 Å². The molecule has 0 aliphatic carbocycles. The maximum atomic E-state index is 11.0. The smallest absolute Gasteiger partial charge is 0.239 e. The normalized spacial score (nSPS) is 10.8. The molecule has 0 saturated carbocycles. The highest BCUT2D eigenvalue weighted by atomic mass is 16.1. The molecule has 0 spiro atoms. The van der Waals surface area contributed by atoms with Gasteiger partial charge in [-0.2, -0.15) is 5.10 Å². The number of nitrogens with zero attached hydrogens (tertiary/aromatic N) is 3. The molecular formula is C12H16N4O. The maximum absolute atomic E-state index is 11.0. The Morgan fingerprint density at radius 2 is 2.18 bits per heavy atom. The monoisotopic (exact) mass is 232 g/mol. The molecule has 0 atom stereocenters. The molecule has 0 bridgehead atoms. The Labute approximate surface area is 99.8 Å². The van der Waals surface area contributed by atoms with Crippen LogP contribution in [0.15, 0.2) is 18.3 Å². The number of primary amides is 1. The summed E-state index contributed by atoms with van der Waals surface area (Å²) in [5.74, 6) is -0.381. The zero-order valence-electron chi connectivity index (χ0n) is 10.3. The van der Waals surface area contributed by atoms with E-state index in [9.17, 15) is 4.79 Å². The molecule has 5 nitrogen and oxygen atoms in total. The maximum Gasteiger partial charge on any atom is 0.239 e. The van der Waals surface area contributed by atoms with Gasteiger partial charge in [-0.3, -0.25) is 9.48 Å². The second-order valence-corrected chi connectivity index (χ2v) is 4.17. The molecule has 90 valence electrons. The zero-order valence-corrected chi connectivity index (χ0v) is 10.3. The summed E-state index contributed by atoms with van der Waals surface area (Å²) in [4.78, 5) is 11.0. The van der Waals surface area contributed by atoms with Gasteiger partial charge in [-0.1, -0.05) is 0 Å². The number of hydrogen-bond acceptors (Lipinski definition) is 2. The fraction of sp³-hybridized carbons (Fsp3) is 0.333. The molecule has 0 aliphatic rings. The lowest BCUT2D eigenvalue weighted by molar-refractivity contribution is -0.118. The fourth-order valence-electron chi connectivity index (χ4n) is 2.09. The lowest BCUT2D eigenvalue weighted by atomic mass is 10.1. The van der Waals surface area contributed by atoms with Gasteiger partial charge in [0, 0.05) is 24.5 Å². The number of aromatic nitrogens is 3. The average Bonchev–Trinajstić information content (AvgIpc) is 2.73. The van der Waals surface area contributed by atoms with Crippen molar-refractivity contribution in [2.24, 2.45) is 12.8 Å². The van der Waals surface area contributed by atoms with Crippen molar-refractivity contribution in [3.63, 3.8) is 0 Å². The summed E-state index contributed by atoms with van der Waals surface area (Å²) in [5.41, 5.74) is 9.23.